The molecule has 14 heteroatoms. The minimum absolute atomic E-state index is 0.0643. The molecule has 5 amide bonds. The Morgan fingerprint density at radius 2 is 1.49 bits per heavy atom. The molecule has 4 aromatic rings. The number of benzene rings is 3. The Labute approximate surface area is 314 Å². The maximum atomic E-state index is 13.5. The molecule has 3 heterocycles. The molecule has 1 aromatic heterocycles. The second-order valence-corrected chi connectivity index (χ2v) is 13.9. The summed E-state index contributed by atoms with van der Waals surface area (Å²) in [5, 5.41) is 8.70. The van der Waals surface area contributed by atoms with Crippen molar-refractivity contribution in [2.24, 2.45) is 5.92 Å². The third-order valence-corrected chi connectivity index (χ3v) is 10.1. The van der Waals surface area contributed by atoms with Gasteiger partial charge in [-0.3, -0.25) is 9.59 Å². The number of aromatic amines is 1. The van der Waals surface area contributed by atoms with Gasteiger partial charge in [0.15, 0.2) is 0 Å². The number of aromatic nitrogens is 2. The SMILES string of the molecule is CNC(=O)N1CCN(c2ccc(C(=O)Nc3ccc(-c4ccc(-c5nc([C@@H]6CCCN6C(=O)[C@@H](NC(=O)OC)C(C)C)[nH]c5Cl)cc4)cc3)cc2)CC1. The van der Waals surface area contributed by atoms with E-state index in [9.17, 15) is 19.2 Å². The molecule has 2 aliphatic rings. The molecule has 278 valence electrons. The number of carbonyl (C=O) groups is 4. The van der Waals surface area contributed by atoms with Crippen molar-refractivity contribution in [1.29, 1.82) is 0 Å². The highest BCUT2D eigenvalue weighted by molar-refractivity contribution is 6.32. The molecule has 13 nitrogen and oxygen atoms in total. The van der Waals surface area contributed by atoms with E-state index >= 15 is 0 Å². The number of methoxy groups -OCH3 is 1. The molecule has 0 bridgehead atoms. The average Bonchev–Trinajstić information content (AvgIpc) is 3.83. The summed E-state index contributed by atoms with van der Waals surface area (Å²) in [4.78, 5) is 64.1. The molecular weight excluding hydrogens is 696 g/mol. The Morgan fingerprint density at radius 3 is 2.09 bits per heavy atom. The van der Waals surface area contributed by atoms with Crippen molar-refractivity contribution in [3.63, 3.8) is 0 Å². The first-order chi connectivity index (χ1) is 25.6. The maximum absolute atomic E-state index is 13.5. The highest BCUT2D eigenvalue weighted by Crippen LogP contribution is 2.36. The van der Waals surface area contributed by atoms with E-state index < -0.39 is 12.1 Å². The summed E-state index contributed by atoms with van der Waals surface area (Å²) in [7, 11) is 2.91. The van der Waals surface area contributed by atoms with Crippen LogP contribution < -0.4 is 20.9 Å². The number of imidazole rings is 1. The number of carbonyl (C=O) groups excluding carboxylic acids is 4. The van der Waals surface area contributed by atoms with Crippen LogP contribution in [0.1, 0.15) is 48.9 Å². The first-order valence-electron chi connectivity index (χ1n) is 17.8. The normalized spacial score (nSPS) is 16.3. The molecule has 0 aliphatic carbocycles. The number of nitrogens with zero attached hydrogens (tertiary/aromatic N) is 4. The number of anilines is 2. The quantitative estimate of drug-likeness (QED) is 0.161. The highest BCUT2D eigenvalue weighted by atomic mass is 35.5. The second-order valence-electron chi connectivity index (χ2n) is 13.5. The van der Waals surface area contributed by atoms with Crippen molar-refractivity contribution in [3.05, 3.63) is 89.3 Å². The summed E-state index contributed by atoms with van der Waals surface area (Å²) in [5.41, 5.74) is 5.63. The summed E-state index contributed by atoms with van der Waals surface area (Å²) < 4.78 is 4.74. The molecule has 2 aliphatic heterocycles. The topological polar surface area (TPSA) is 152 Å². The molecule has 2 saturated heterocycles. The number of piperazine rings is 1. The Hall–Kier alpha value is -5.56. The van der Waals surface area contributed by atoms with Gasteiger partial charge in [-0.25, -0.2) is 14.6 Å². The first kappa shape index (κ1) is 37.2. The van der Waals surface area contributed by atoms with Crippen LogP contribution in [0.4, 0.5) is 21.0 Å². The fourth-order valence-electron chi connectivity index (χ4n) is 6.83. The van der Waals surface area contributed by atoms with E-state index in [1.165, 1.54) is 7.11 Å². The molecule has 0 unspecified atom stereocenters. The summed E-state index contributed by atoms with van der Waals surface area (Å²) in [6.45, 7) is 7.06. The zero-order chi connectivity index (χ0) is 37.6. The molecule has 0 spiro atoms. The van der Waals surface area contributed by atoms with Gasteiger partial charge in [0.2, 0.25) is 5.91 Å². The average molecular weight is 741 g/mol. The predicted molar refractivity (Wildman–Crippen MR) is 205 cm³/mol. The number of hydrogen-bond acceptors (Lipinski definition) is 7. The highest BCUT2D eigenvalue weighted by Gasteiger charge is 2.38. The summed E-state index contributed by atoms with van der Waals surface area (Å²) in [5.74, 6) is 0.0906. The van der Waals surface area contributed by atoms with Crippen molar-refractivity contribution in [2.75, 3.05) is 57.1 Å². The fourth-order valence-corrected chi connectivity index (χ4v) is 7.08. The van der Waals surface area contributed by atoms with Crippen LogP contribution in [0.25, 0.3) is 22.4 Å². The number of likely N-dealkylation sites (tertiary alicyclic amines) is 1. The van der Waals surface area contributed by atoms with Crippen LogP contribution in [0.3, 0.4) is 0 Å². The molecule has 0 radical (unpaired) electrons. The monoisotopic (exact) mass is 740 g/mol. The number of hydrogen-bond donors (Lipinski definition) is 4. The van der Waals surface area contributed by atoms with Crippen LogP contribution in [0.15, 0.2) is 72.8 Å². The molecule has 4 N–H and O–H groups in total. The number of H-pyrrole nitrogens is 1. The van der Waals surface area contributed by atoms with Crippen molar-refractivity contribution >= 4 is 46.9 Å². The number of urea groups is 1. The molecule has 0 saturated carbocycles. The van der Waals surface area contributed by atoms with Crippen molar-refractivity contribution in [2.45, 2.75) is 38.8 Å². The number of nitrogens with one attached hydrogen (secondary N) is 4. The van der Waals surface area contributed by atoms with Crippen molar-refractivity contribution < 1.29 is 23.9 Å². The van der Waals surface area contributed by atoms with Crippen LogP contribution in [-0.4, -0.2) is 96.6 Å². The van der Waals surface area contributed by atoms with Gasteiger partial charge in [0.05, 0.1) is 13.2 Å². The molecule has 3 aromatic carbocycles. The molecule has 6 rings (SSSR count). The van der Waals surface area contributed by atoms with Gasteiger partial charge < -0.3 is 40.4 Å². The molecular formula is C39H45ClN8O5. The largest absolute Gasteiger partial charge is 0.453 e. The Balaban J connectivity index is 1.06. The van der Waals surface area contributed by atoms with Gasteiger partial charge in [0, 0.05) is 62.3 Å². The summed E-state index contributed by atoms with van der Waals surface area (Å²) in [6, 6.07) is 22.0. The third kappa shape index (κ3) is 8.41. The smallest absolute Gasteiger partial charge is 0.407 e. The van der Waals surface area contributed by atoms with E-state index in [2.05, 4.69) is 25.8 Å². The van der Waals surface area contributed by atoms with E-state index in [-0.39, 0.29) is 29.8 Å². The van der Waals surface area contributed by atoms with Gasteiger partial charge in [0.1, 0.15) is 22.7 Å². The van der Waals surface area contributed by atoms with Crippen LogP contribution in [0.2, 0.25) is 5.15 Å². The van der Waals surface area contributed by atoms with E-state index in [4.69, 9.17) is 21.3 Å². The van der Waals surface area contributed by atoms with Gasteiger partial charge in [-0.05, 0) is 66.3 Å². The zero-order valence-electron chi connectivity index (χ0n) is 30.3. The van der Waals surface area contributed by atoms with Crippen molar-refractivity contribution in [3.8, 4) is 22.4 Å². The lowest BCUT2D eigenvalue weighted by atomic mass is 10.0. The van der Waals surface area contributed by atoms with Gasteiger partial charge >= 0.3 is 12.1 Å². The number of ether oxygens (including phenoxy) is 1. The summed E-state index contributed by atoms with van der Waals surface area (Å²) >= 11 is 6.66. The standard InChI is InChI=1S/C39H45ClN8O5/c1-24(2)32(44-39(52)53-4)37(50)48-19-5-6-31(48)35-43-33(34(40)45-35)27-9-7-25(8-10-27)26-11-15-29(16-12-26)42-36(49)28-13-17-30(18-14-28)46-20-22-47(23-21-46)38(51)41-3/h7-18,24,31-32H,5-6,19-23H2,1-4H3,(H,41,51)(H,42,49)(H,43,45)(H,44,52)/t31-,32-/m0/s1. The zero-order valence-corrected chi connectivity index (χ0v) is 31.1. The number of amides is 5. The Bertz CT molecular complexity index is 1920. The lowest BCUT2D eigenvalue weighted by molar-refractivity contribution is -0.135. The number of rotatable bonds is 9. The first-order valence-corrected chi connectivity index (χ1v) is 18.2. The Morgan fingerprint density at radius 1 is 0.868 bits per heavy atom. The summed E-state index contributed by atoms with van der Waals surface area (Å²) in [6.07, 6.45) is 0.881. The van der Waals surface area contributed by atoms with E-state index in [0.717, 1.165) is 48.3 Å². The van der Waals surface area contributed by atoms with Crippen LogP contribution in [0.5, 0.6) is 0 Å². The lowest BCUT2D eigenvalue weighted by Crippen LogP contribution is -2.51. The van der Waals surface area contributed by atoms with Gasteiger partial charge in [0.25, 0.3) is 5.91 Å². The second kappa shape index (κ2) is 16.4. The van der Waals surface area contributed by atoms with E-state index in [1.54, 1.807) is 16.8 Å². The minimum Gasteiger partial charge on any atom is -0.453 e. The minimum atomic E-state index is -0.722. The number of halogens is 1. The van der Waals surface area contributed by atoms with Crippen LogP contribution in [-0.2, 0) is 9.53 Å². The molecule has 2 atom stereocenters. The fraction of sp³-hybridized carbons (Fsp3) is 0.359. The number of alkyl carbamates (subject to hydrolysis) is 1. The Kier molecular flexibility index (Phi) is 11.5. The molecule has 53 heavy (non-hydrogen) atoms. The van der Waals surface area contributed by atoms with E-state index in [1.807, 2.05) is 86.6 Å². The van der Waals surface area contributed by atoms with Crippen molar-refractivity contribution in [1.82, 2.24) is 30.4 Å². The maximum Gasteiger partial charge on any atom is 0.407 e. The molecule has 2 fully saturated rings. The predicted octanol–water partition coefficient (Wildman–Crippen LogP) is 6.15. The third-order valence-electron chi connectivity index (χ3n) is 9.83. The van der Waals surface area contributed by atoms with Crippen LogP contribution in [0, 0.1) is 5.92 Å². The van der Waals surface area contributed by atoms with Gasteiger partial charge in [-0.2, -0.15) is 0 Å². The van der Waals surface area contributed by atoms with E-state index in [0.29, 0.717) is 47.6 Å². The lowest BCUT2D eigenvalue weighted by Gasteiger charge is -2.35. The van der Waals surface area contributed by atoms with Crippen LogP contribution >= 0.6 is 11.6 Å². The van der Waals surface area contributed by atoms with Gasteiger partial charge in [-0.1, -0.05) is 61.8 Å². The van der Waals surface area contributed by atoms with Gasteiger partial charge in [-0.15, -0.1) is 0 Å².